The van der Waals surface area contributed by atoms with Gasteiger partial charge in [0.2, 0.25) is 0 Å². The Labute approximate surface area is 162 Å². The number of anilines is 1. The lowest BCUT2D eigenvalue weighted by Crippen LogP contribution is -2.51. The predicted molar refractivity (Wildman–Crippen MR) is 110 cm³/mol. The van der Waals surface area contributed by atoms with E-state index in [1.165, 1.54) is 0 Å². The van der Waals surface area contributed by atoms with E-state index >= 15 is 0 Å². The van der Waals surface area contributed by atoms with Crippen LogP contribution in [0.5, 0.6) is 0 Å². The van der Waals surface area contributed by atoms with Crippen LogP contribution in [0, 0.1) is 0 Å². The SMILES string of the molecule is Cn1cc(-c2cccc(CN=C(N)N3CCN(c4nccs4)CC3)c2)cn1. The summed E-state index contributed by atoms with van der Waals surface area (Å²) in [5.74, 6) is 0.612. The number of aliphatic imine (C=N–C) groups is 1. The molecular weight excluding hydrogens is 358 g/mol. The Kier molecular flexibility index (Phi) is 5.06. The number of hydrogen-bond donors (Lipinski definition) is 1. The number of rotatable bonds is 4. The largest absolute Gasteiger partial charge is 0.370 e. The van der Waals surface area contributed by atoms with Crippen molar-refractivity contribution in [3.8, 4) is 11.1 Å². The maximum Gasteiger partial charge on any atom is 0.191 e. The van der Waals surface area contributed by atoms with E-state index in [0.29, 0.717) is 12.5 Å². The topological polar surface area (TPSA) is 75.6 Å². The minimum absolute atomic E-state index is 0.576. The van der Waals surface area contributed by atoms with Gasteiger partial charge in [-0.1, -0.05) is 18.2 Å². The van der Waals surface area contributed by atoms with E-state index in [1.54, 1.807) is 11.3 Å². The monoisotopic (exact) mass is 381 g/mol. The van der Waals surface area contributed by atoms with E-state index < -0.39 is 0 Å². The first-order chi connectivity index (χ1) is 13.2. The fourth-order valence-electron chi connectivity index (χ4n) is 3.19. The highest BCUT2D eigenvalue weighted by Crippen LogP contribution is 2.20. The first-order valence-corrected chi connectivity index (χ1v) is 9.84. The third-order valence-electron chi connectivity index (χ3n) is 4.68. The van der Waals surface area contributed by atoms with Crippen molar-refractivity contribution in [1.82, 2.24) is 19.7 Å². The van der Waals surface area contributed by atoms with Crippen molar-refractivity contribution < 1.29 is 0 Å². The first kappa shape index (κ1) is 17.5. The molecule has 8 heteroatoms. The molecule has 4 rings (SSSR count). The van der Waals surface area contributed by atoms with Crippen LogP contribution < -0.4 is 10.6 Å². The van der Waals surface area contributed by atoms with Crippen LogP contribution in [0.1, 0.15) is 5.56 Å². The van der Waals surface area contributed by atoms with Gasteiger partial charge in [-0.2, -0.15) is 5.10 Å². The fraction of sp³-hybridized carbons (Fsp3) is 0.316. The van der Waals surface area contributed by atoms with Gasteiger partial charge in [0.1, 0.15) is 0 Å². The summed E-state index contributed by atoms with van der Waals surface area (Å²) in [5, 5.41) is 7.33. The molecule has 0 atom stereocenters. The molecule has 0 amide bonds. The number of nitrogens with zero attached hydrogens (tertiary/aromatic N) is 6. The molecule has 0 unspecified atom stereocenters. The van der Waals surface area contributed by atoms with Crippen LogP contribution in [0.4, 0.5) is 5.13 Å². The minimum atomic E-state index is 0.576. The van der Waals surface area contributed by atoms with Crippen molar-refractivity contribution in [2.24, 2.45) is 17.8 Å². The van der Waals surface area contributed by atoms with E-state index in [4.69, 9.17) is 5.73 Å². The molecule has 0 spiro atoms. The molecule has 3 aromatic rings. The third kappa shape index (κ3) is 4.11. The minimum Gasteiger partial charge on any atom is -0.370 e. The number of hydrogen-bond acceptors (Lipinski definition) is 5. The smallest absolute Gasteiger partial charge is 0.191 e. The average Bonchev–Trinajstić information content (AvgIpc) is 3.38. The molecule has 0 radical (unpaired) electrons. The van der Waals surface area contributed by atoms with Crippen LogP contribution in [-0.2, 0) is 13.6 Å². The Hall–Kier alpha value is -2.87. The van der Waals surface area contributed by atoms with Crippen LogP contribution in [0.2, 0.25) is 0 Å². The van der Waals surface area contributed by atoms with Gasteiger partial charge in [-0.25, -0.2) is 9.98 Å². The lowest BCUT2D eigenvalue weighted by atomic mass is 10.1. The standard InChI is InChI=1S/C19H23N7S/c1-24-14-17(13-23-24)16-4-2-3-15(11-16)12-22-18(20)25-6-8-26(9-7-25)19-21-5-10-27-19/h2-5,10-11,13-14H,6-9,12H2,1H3,(H2,20,22). The normalized spacial score (nSPS) is 15.4. The third-order valence-corrected chi connectivity index (χ3v) is 5.51. The zero-order chi connectivity index (χ0) is 18.6. The Bertz CT molecular complexity index is 908. The Morgan fingerprint density at radius 1 is 1.22 bits per heavy atom. The summed E-state index contributed by atoms with van der Waals surface area (Å²) in [7, 11) is 1.92. The van der Waals surface area contributed by atoms with E-state index in [9.17, 15) is 0 Å². The molecule has 140 valence electrons. The molecule has 2 aromatic heterocycles. The molecule has 7 nitrogen and oxygen atoms in total. The van der Waals surface area contributed by atoms with Crippen molar-refractivity contribution in [3.05, 3.63) is 53.8 Å². The fourth-order valence-corrected chi connectivity index (χ4v) is 3.89. The second kappa shape index (κ2) is 7.79. The van der Waals surface area contributed by atoms with Gasteiger partial charge in [0.05, 0.1) is 12.7 Å². The molecule has 27 heavy (non-hydrogen) atoms. The zero-order valence-electron chi connectivity index (χ0n) is 15.3. The van der Waals surface area contributed by atoms with Gasteiger partial charge in [-0.3, -0.25) is 4.68 Å². The summed E-state index contributed by atoms with van der Waals surface area (Å²) in [6, 6.07) is 8.37. The van der Waals surface area contributed by atoms with E-state index in [1.807, 2.05) is 35.7 Å². The zero-order valence-corrected chi connectivity index (χ0v) is 16.1. The van der Waals surface area contributed by atoms with Crippen LogP contribution in [0.3, 0.4) is 0 Å². The molecule has 1 aliphatic rings. The lowest BCUT2D eigenvalue weighted by Gasteiger charge is -2.35. The predicted octanol–water partition coefficient (Wildman–Crippen LogP) is 2.18. The van der Waals surface area contributed by atoms with Gasteiger partial charge in [-0.05, 0) is 17.2 Å². The maximum atomic E-state index is 6.24. The number of aromatic nitrogens is 3. The van der Waals surface area contributed by atoms with Crippen LogP contribution in [0.15, 0.2) is 53.2 Å². The van der Waals surface area contributed by atoms with Crippen molar-refractivity contribution in [2.45, 2.75) is 6.54 Å². The molecule has 1 aliphatic heterocycles. The first-order valence-electron chi connectivity index (χ1n) is 8.96. The van der Waals surface area contributed by atoms with Gasteiger partial charge in [-0.15, -0.1) is 11.3 Å². The molecule has 1 saturated heterocycles. The van der Waals surface area contributed by atoms with E-state index in [-0.39, 0.29) is 0 Å². The number of aryl methyl sites for hydroxylation is 1. The molecule has 0 aliphatic carbocycles. The summed E-state index contributed by atoms with van der Waals surface area (Å²) >= 11 is 1.68. The van der Waals surface area contributed by atoms with Gasteiger partial charge < -0.3 is 15.5 Å². The second-order valence-corrected chi connectivity index (χ2v) is 7.44. The van der Waals surface area contributed by atoms with Crippen molar-refractivity contribution >= 4 is 22.4 Å². The summed E-state index contributed by atoms with van der Waals surface area (Å²) in [6.45, 7) is 4.14. The van der Waals surface area contributed by atoms with Crippen LogP contribution in [0.25, 0.3) is 11.1 Å². The summed E-state index contributed by atoms with van der Waals surface area (Å²) in [4.78, 5) is 13.4. The quantitative estimate of drug-likeness (QED) is 0.554. The van der Waals surface area contributed by atoms with E-state index in [2.05, 4.69) is 49.1 Å². The highest BCUT2D eigenvalue weighted by Gasteiger charge is 2.19. The van der Waals surface area contributed by atoms with Crippen molar-refractivity contribution in [3.63, 3.8) is 0 Å². The number of nitrogens with two attached hydrogens (primary N) is 1. The van der Waals surface area contributed by atoms with Gasteiger partial charge in [0, 0.05) is 56.6 Å². The molecule has 0 saturated carbocycles. The van der Waals surface area contributed by atoms with Crippen LogP contribution in [-0.4, -0.2) is 51.8 Å². The Morgan fingerprint density at radius 2 is 2.07 bits per heavy atom. The van der Waals surface area contributed by atoms with E-state index in [0.717, 1.165) is 48.0 Å². The average molecular weight is 382 g/mol. The summed E-state index contributed by atoms with van der Waals surface area (Å²) in [5.41, 5.74) is 9.63. The highest BCUT2D eigenvalue weighted by molar-refractivity contribution is 7.13. The summed E-state index contributed by atoms with van der Waals surface area (Å²) < 4.78 is 1.81. The number of piperazine rings is 1. The molecule has 1 aromatic carbocycles. The number of guanidine groups is 1. The summed E-state index contributed by atoms with van der Waals surface area (Å²) in [6.07, 6.45) is 5.74. The lowest BCUT2D eigenvalue weighted by molar-refractivity contribution is 0.380. The molecule has 1 fully saturated rings. The van der Waals surface area contributed by atoms with Crippen LogP contribution >= 0.6 is 11.3 Å². The number of thiazole rings is 1. The van der Waals surface area contributed by atoms with Gasteiger partial charge in [0.25, 0.3) is 0 Å². The molecular formula is C19H23N7S. The van der Waals surface area contributed by atoms with Crippen molar-refractivity contribution in [2.75, 3.05) is 31.1 Å². The van der Waals surface area contributed by atoms with Gasteiger partial charge >= 0.3 is 0 Å². The van der Waals surface area contributed by atoms with Gasteiger partial charge in [0.15, 0.2) is 11.1 Å². The maximum absolute atomic E-state index is 6.24. The van der Waals surface area contributed by atoms with Crippen molar-refractivity contribution in [1.29, 1.82) is 0 Å². The molecule has 3 heterocycles. The number of benzene rings is 1. The second-order valence-electron chi connectivity index (χ2n) is 6.57. The Balaban J connectivity index is 1.37. The Morgan fingerprint density at radius 3 is 2.78 bits per heavy atom. The highest BCUT2D eigenvalue weighted by atomic mass is 32.1. The molecule has 0 bridgehead atoms. The molecule has 2 N–H and O–H groups in total.